The molecule has 1 aliphatic heterocycles. The number of anilines is 1. The standard InChI is InChI=1S/C24H31N3O8S/c1-32-17-5-7-20(33-2)19(13-17)27(15-23(28)26-11-9-16(10-12-26)24(25)29)36(30,31)18-6-8-21(34-3)22(14-18)35-4/h5-8,13-14,16H,9-12,15H2,1-4H3,(H2,25,29). The van der Waals surface area contributed by atoms with Crippen molar-refractivity contribution in [3.63, 3.8) is 0 Å². The predicted molar refractivity (Wildman–Crippen MR) is 132 cm³/mol. The number of piperidine rings is 1. The number of likely N-dealkylation sites (tertiary alicyclic amines) is 1. The zero-order valence-corrected chi connectivity index (χ0v) is 21.5. The van der Waals surface area contributed by atoms with Crippen LogP contribution in [0.15, 0.2) is 41.3 Å². The first-order valence-electron chi connectivity index (χ1n) is 11.2. The number of nitrogens with two attached hydrogens (primary N) is 1. The summed E-state index contributed by atoms with van der Waals surface area (Å²) < 4.78 is 50.1. The highest BCUT2D eigenvalue weighted by Gasteiger charge is 2.33. The fraction of sp³-hybridized carbons (Fsp3) is 0.417. The number of sulfonamides is 1. The van der Waals surface area contributed by atoms with Crippen molar-refractivity contribution in [2.24, 2.45) is 11.7 Å². The lowest BCUT2D eigenvalue weighted by atomic mass is 9.96. The van der Waals surface area contributed by atoms with Crippen molar-refractivity contribution < 1.29 is 37.0 Å². The lowest BCUT2D eigenvalue weighted by Gasteiger charge is -2.33. The summed E-state index contributed by atoms with van der Waals surface area (Å²) >= 11 is 0. The van der Waals surface area contributed by atoms with Gasteiger partial charge in [0.2, 0.25) is 11.8 Å². The summed E-state index contributed by atoms with van der Waals surface area (Å²) in [6.45, 7) is 0.0965. The lowest BCUT2D eigenvalue weighted by Crippen LogP contribution is -2.47. The molecule has 12 heteroatoms. The molecule has 36 heavy (non-hydrogen) atoms. The van der Waals surface area contributed by atoms with Crippen molar-refractivity contribution in [3.05, 3.63) is 36.4 Å². The normalized spacial score (nSPS) is 14.2. The molecule has 196 valence electrons. The molecule has 11 nitrogen and oxygen atoms in total. The topological polar surface area (TPSA) is 138 Å². The van der Waals surface area contributed by atoms with Crippen LogP contribution in [0.5, 0.6) is 23.0 Å². The van der Waals surface area contributed by atoms with Gasteiger partial charge < -0.3 is 29.6 Å². The number of benzene rings is 2. The van der Waals surface area contributed by atoms with Crippen molar-refractivity contribution in [1.29, 1.82) is 0 Å². The summed E-state index contributed by atoms with van der Waals surface area (Å²) in [6.07, 6.45) is 0.845. The van der Waals surface area contributed by atoms with Crippen molar-refractivity contribution in [2.45, 2.75) is 17.7 Å². The van der Waals surface area contributed by atoms with E-state index >= 15 is 0 Å². The number of ether oxygens (including phenoxy) is 4. The number of nitrogens with zero attached hydrogens (tertiary/aromatic N) is 2. The van der Waals surface area contributed by atoms with Gasteiger partial charge in [-0.1, -0.05) is 0 Å². The Labute approximate surface area is 210 Å². The molecular formula is C24H31N3O8S. The van der Waals surface area contributed by atoms with Gasteiger partial charge in [-0.15, -0.1) is 0 Å². The Balaban J connectivity index is 2.04. The van der Waals surface area contributed by atoms with Crippen LogP contribution in [0.25, 0.3) is 0 Å². The number of carbonyl (C=O) groups excluding carboxylic acids is 2. The molecule has 1 aliphatic rings. The van der Waals surface area contributed by atoms with Gasteiger partial charge in [0.05, 0.1) is 39.0 Å². The lowest BCUT2D eigenvalue weighted by molar-refractivity contribution is -0.133. The molecule has 1 saturated heterocycles. The third-order valence-electron chi connectivity index (χ3n) is 6.13. The molecule has 0 atom stereocenters. The number of primary amides is 1. The molecule has 2 N–H and O–H groups in total. The molecule has 1 fully saturated rings. The number of rotatable bonds is 10. The Hall–Kier alpha value is -3.67. The minimum Gasteiger partial charge on any atom is -0.497 e. The van der Waals surface area contributed by atoms with Gasteiger partial charge in [0.25, 0.3) is 10.0 Å². The van der Waals surface area contributed by atoms with Crippen LogP contribution in [-0.2, 0) is 19.6 Å². The van der Waals surface area contributed by atoms with Crippen molar-refractivity contribution in [2.75, 3.05) is 52.4 Å². The van der Waals surface area contributed by atoms with Gasteiger partial charge in [-0.2, -0.15) is 0 Å². The Morgan fingerprint density at radius 3 is 2.08 bits per heavy atom. The average Bonchev–Trinajstić information content (AvgIpc) is 2.90. The summed E-state index contributed by atoms with van der Waals surface area (Å²) in [5.41, 5.74) is 5.53. The van der Waals surface area contributed by atoms with Crippen LogP contribution in [0, 0.1) is 5.92 Å². The van der Waals surface area contributed by atoms with Gasteiger partial charge in [-0.25, -0.2) is 8.42 Å². The summed E-state index contributed by atoms with van der Waals surface area (Å²) in [4.78, 5) is 26.2. The number of amides is 2. The van der Waals surface area contributed by atoms with E-state index in [2.05, 4.69) is 0 Å². The molecule has 0 unspecified atom stereocenters. The Kier molecular flexibility index (Phi) is 8.51. The van der Waals surface area contributed by atoms with E-state index in [0.29, 0.717) is 37.4 Å². The molecule has 0 spiro atoms. The summed E-state index contributed by atoms with van der Waals surface area (Å²) in [6, 6.07) is 8.86. The van der Waals surface area contributed by atoms with Crippen LogP contribution in [0.1, 0.15) is 12.8 Å². The van der Waals surface area contributed by atoms with Crippen LogP contribution in [0.4, 0.5) is 5.69 Å². The van der Waals surface area contributed by atoms with E-state index in [0.717, 1.165) is 4.31 Å². The molecule has 2 aromatic carbocycles. The first kappa shape index (κ1) is 26.9. The number of hydrogen-bond donors (Lipinski definition) is 1. The molecule has 0 saturated carbocycles. The summed E-state index contributed by atoms with van der Waals surface area (Å²) in [7, 11) is 1.41. The van der Waals surface area contributed by atoms with Crippen molar-refractivity contribution >= 4 is 27.5 Å². The molecule has 0 radical (unpaired) electrons. The second-order valence-corrected chi connectivity index (χ2v) is 9.99. The maximum Gasteiger partial charge on any atom is 0.265 e. The van der Waals surface area contributed by atoms with E-state index in [9.17, 15) is 18.0 Å². The van der Waals surface area contributed by atoms with Crippen LogP contribution in [0.2, 0.25) is 0 Å². The van der Waals surface area contributed by atoms with E-state index in [4.69, 9.17) is 24.7 Å². The van der Waals surface area contributed by atoms with Gasteiger partial charge in [0, 0.05) is 31.1 Å². The van der Waals surface area contributed by atoms with Crippen molar-refractivity contribution in [3.8, 4) is 23.0 Å². The first-order valence-corrected chi connectivity index (χ1v) is 12.6. The highest BCUT2D eigenvalue weighted by Crippen LogP contribution is 2.37. The molecule has 0 aliphatic carbocycles. The monoisotopic (exact) mass is 521 g/mol. The van der Waals surface area contributed by atoms with Gasteiger partial charge in [-0.3, -0.25) is 13.9 Å². The van der Waals surface area contributed by atoms with E-state index < -0.39 is 28.4 Å². The Morgan fingerprint density at radius 2 is 1.53 bits per heavy atom. The van der Waals surface area contributed by atoms with Crippen molar-refractivity contribution in [1.82, 2.24) is 4.90 Å². The molecule has 3 rings (SSSR count). The van der Waals surface area contributed by atoms with E-state index in [-0.39, 0.29) is 28.0 Å². The van der Waals surface area contributed by atoms with E-state index in [1.54, 1.807) is 12.1 Å². The largest absolute Gasteiger partial charge is 0.497 e. The van der Waals surface area contributed by atoms with E-state index in [1.807, 2.05) is 0 Å². The van der Waals surface area contributed by atoms with Crippen LogP contribution in [-0.4, -0.2) is 73.2 Å². The quantitative estimate of drug-likeness (QED) is 0.498. The van der Waals surface area contributed by atoms with E-state index in [1.165, 1.54) is 57.6 Å². The van der Waals surface area contributed by atoms with Gasteiger partial charge in [-0.05, 0) is 37.1 Å². The summed E-state index contributed by atoms with van der Waals surface area (Å²) in [5, 5.41) is 0. The minimum atomic E-state index is -4.29. The van der Waals surface area contributed by atoms with Crippen LogP contribution < -0.4 is 29.0 Å². The predicted octanol–water partition coefficient (Wildman–Crippen LogP) is 1.64. The van der Waals surface area contributed by atoms with Crippen LogP contribution in [0.3, 0.4) is 0 Å². The molecular weight excluding hydrogens is 490 g/mol. The first-order chi connectivity index (χ1) is 17.2. The molecule has 0 bridgehead atoms. The minimum absolute atomic E-state index is 0.106. The zero-order chi connectivity index (χ0) is 26.5. The van der Waals surface area contributed by atoms with Gasteiger partial charge in [0.1, 0.15) is 18.0 Å². The number of methoxy groups -OCH3 is 4. The maximum absolute atomic E-state index is 13.9. The summed E-state index contributed by atoms with van der Waals surface area (Å²) in [5.74, 6) is 0.0614. The number of carbonyl (C=O) groups is 2. The number of hydrogen-bond acceptors (Lipinski definition) is 8. The molecule has 1 heterocycles. The third kappa shape index (κ3) is 5.59. The second kappa shape index (κ2) is 11.4. The van der Waals surface area contributed by atoms with Gasteiger partial charge >= 0.3 is 0 Å². The van der Waals surface area contributed by atoms with Gasteiger partial charge in [0.15, 0.2) is 11.5 Å². The zero-order valence-electron chi connectivity index (χ0n) is 20.7. The maximum atomic E-state index is 13.9. The molecule has 2 amide bonds. The highest BCUT2D eigenvalue weighted by molar-refractivity contribution is 7.92. The fourth-order valence-electron chi connectivity index (χ4n) is 4.03. The molecule has 0 aromatic heterocycles. The molecule has 2 aromatic rings. The highest BCUT2D eigenvalue weighted by atomic mass is 32.2. The Bertz CT molecular complexity index is 1210. The Morgan fingerprint density at radius 1 is 0.917 bits per heavy atom. The average molecular weight is 522 g/mol. The van der Waals surface area contributed by atoms with Crippen LogP contribution >= 0.6 is 0 Å². The fourth-order valence-corrected chi connectivity index (χ4v) is 5.46. The third-order valence-corrected chi connectivity index (χ3v) is 7.88. The smallest absolute Gasteiger partial charge is 0.265 e. The second-order valence-electron chi connectivity index (χ2n) is 8.12. The SMILES string of the molecule is COc1ccc(OC)c(N(CC(=O)N2CCC(C(N)=O)CC2)S(=O)(=O)c2ccc(OC)c(OC)c2)c1.